The van der Waals surface area contributed by atoms with Crippen LogP contribution in [0.1, 0.15) is 6.42 Å². The zero-order chi connectivity index (χ0) is 13.0. The zero-order valence-corrected chi connectivity index (χ0v) is 11.2. The number of para-hydroxylation sites is 1. The molecule has 5 heteroatoms. The van der Waals surface area contributed by atoms with E-state index in [0.717, 1.165) is 18.1 Å². The summed E-state index contributed by atoms with van der Waals surface area (Å²) in [5.41, 5.74) is 0.339. The number of carbonyl (C=O) groups is 1. The number of carbonyl (C=O) groups excluding carboxylic acids is 1. The lowest BCUT2D eigenvalue weighted by atomic mass is 10.2. The van der Waals surface area contributed by atoms with Crippen LogP contribution >= 0.6 is 11.8 Å². The zero-order valence-electron chi connectivity index (χ0n) is 10.4. The summed E-state index contributed by atoms with van der Waals surface area (Å²) in [5, 5.41) is 3.31. The Morgan fingerprint density at radius 3 is 3.00 bits per heavy atom. The van der Waals surface area contributed by atoms with Gasteiger partial charge in [0, 0.05) is 37.6 Å². The van der Waals surface area contributed by atoms with Gasteiger partial charge in [-0.25, -0.2) is 4.39 Å². The minimum atomic E-state index is -0.362. The van der Waals surface area contributed by atoms with Gasteiger partial charge in [0.15, 0.2) is 0 Å². The molecule has 1 atom stereocenters. The monoisotopic (exact) mass is 268 g/mol. The molecule has 1 amide bonds. The first-order valence-electron chi connectivity index (χ1n) is 6.00. The van der Waals surface area contributed by atoms with E-state index in [1.54, 1.807) is 25.2 Å². The van der Waals surface area contributed by atoms with Gasteiger partial charge >= 0.3 is 0 Å². The maximum Gasteiger partial charge on any atom is 0.228 e. The lowest BCUT2D eigenvalue weighted by Crippen LogP contribution is -2.42. The molecule has 1 aromatic carbocycles. The van der Waals surface area contributed by atoms with Gasteiger partial charge in [0.1, 0.15) is 5.82 Å². The van der Waals surface area contributed by atoms with Crippen molar-refractivity contribution in [3.05, 3.63) is 30.1 Å². The van der Waals surface area contributed by atoms with E-state index in [0.29, 0.717) is 12.1 Å². The van der Waals surface area contributed by atoms with Crippen molar-refractivity contribution < 1.29 is 9.18 Å². The Morgan fingerprint density at radius 2 is 2.33 bits per heavy atom. The van der Waals surface area contributed by atoms with Gasteiger partial charge in [-0.3, -0.25) is 4.79 Å². The van der Waals surface area contributed by atoms with Crippen LogP contribution in [0.4, 0.5) is 10.1 Å². The molecule has 1 fully saturated rings. The van der Waals surface area contributed by atoms with E-state index in [-0.39, 0.29) is 17.8 Å². The number of halogens is 1. The topological polar surface area (TPSA) is 32.3 Å². The highest BCUT2D eigenvalue weighted by atomic mass is 32.2. The van der Waals surface area contributed by atoms with Crippen molar-refractivity contribution in [1.29, 1.82) is 0 Å². The number of hydrogen-bond acceptors (Lipinski definition) is 3. The summed E-state index contributed by atoms with van der Waals surface area (Å²) >= 11 is 1.85. The number of thioether (sulfide) groups is 1. The van der Waals surface area contributed by atoms with Crippen molar-refractivity contribution in [2.75, 3.05) is 30.0 Å². The molecule has 1 unspecified atom stereocenters. The van der Waals surface area contributed by atoms with Crippen molar-refractivity contribution in [2.24, 2.45) is 0 Å². The number of nitrogens with one attached hydrogen (secondary N) is 1. The largest absolute Gasteiger partial charge is 0.313 e. The number of hydrogen-bond donors (Lipinski definition) is 1. The van der Waals surface area contributed by atoms with Gasteiger partial charge in [-0.05, 0) is 12.1 Å². The normalized spacial score (nSPS) is 19.6. The molecule has 1 aliphatic rings. The summed E-state index contributed by atoms with van der Waals surface area (Å²) in [6.07, 6.45) is 0.415. The average molecular weight is 268 g/mol. The van der Waals surface area contributed by atoms with E-state index in [4.69, 9.17) is 0 Å². The van der Waals surface area contributed by atoms with Crippen molar-refractivity contribution in [3.63, 3.8) is 0 Å². The van der Waals surface area contributed by atoms with E-state index in [1.807, 2.05) is 11.8 Å². The number of nitrogens with zero attached hydrogens (tertiary/aromatic N) is 1. The second-order valence-electron chi connectivity index (χ2n) is 4.33. The van der Waals surface area contributed by atoms with Crippen molar-refractivity contribution in [1.82, 2.24) is 5.32 Å². The van der Waals surface area contributed by atoms with Crippen molar-refractivity contribution in [2.45, 2.75) is 12.5 Å². The number of anilines is 1. The second kappa shape index (κ2) is 6.20. The standard InChI is InChI=1S/C13H17FN2OS/c1-16(12-5-3-2-4-11(12)14)13(17)8-10-9-18-7-6-15-10/h2-5,10,15H,6-9H2,1H3. The molecule has 3 nitrogen and oxygen atoms in total. The van der Waals surface area contributed by atoms with Crippen LogP contribution < -0.4 is 10.2 Å². The molecule has 0 aromatic heterocycles. The second-order valence-corrected chi connectivity index (χ2v) is 5.48. The quantitative estimate of drug-likeness (QED) is 0.908. The van der Waals surface area contributed by atoms with Gasteiger partial charge in [-0.15, -0.1) is 0 Å². The fraction of sp³-hybridized carbons (Fsp3) is 0.462. The smallest absolute Gasteiger partial charge is 0.228 e. The average Bonchev–Trinajstić information content (AvgIpc) is 2.39. The van der Waals surface area contributed by atoms with Crippen LogP contribution in [0.2, 0.25) is 0 Å². The van der Waals surface area contributed by atoms with Crippen LogP contribution in [0.3, 0.4) is 0 Å². The minimum absolute atomic E-state index is 0.0555. The Morgan fingerprint density at radius 1 is 1.56 bits per heavy atom. The highest BCUT2D eigenvalue weighted by Gasteiger charge is 2.20. The summed E-state index contributed by atoms with van der Waals surface area (Å²) in [5.74, 6) is 1.62. The molecule has 98 valence electrons. The Balaban J connectivity index is 1.98. The van der Waals surface area contributed by atoms with Gasteiger partial charge in [0.2, 0.25) is 5.91 Å². The minimum Gasteiger partial charge on any atom is -0.313 e. The van der Waals surface area contributed by atoms with Crippen LogP contribution in [-0.4, -0.2) is 37.0 Å². The van der Waals surface area contributed by atoms with Crippen LogP contribution in [0, 0.1) is 5.82 Å². The molecule has 1 aliphatic heterocycles. The Labute approximate surface area is 111 Å². The number of rotatable bonds is 3. The van der Waals surface area contributed by atoms with E-state index in [1.165, 1.54) is 11.0 Å². The van der Waals surface area contributed by atoms with Gasteiger partial charge in [0.25, 0.3) is 0 Å². The molecule has 1 N–H and O–H groups in total. The van der Waals surface area contributed by atoms with Crippen molar-refractivity contribution >= 4 is 23.4 Å². The maximum atomic E-state index is 13.6. The molecule has 2 rings (SSSR count). The van der Waals surface area contributed by atoms with Gasteiger partial charge < -0.3 is 10.2 Å². The molecular weight excluding hydrogens is 251 g/mol. The van der Waals surface area contributed by atoms with Crippen LogP contribution in [-0.2, 0) is 4.79 Å². The third kappa shape index (κ3) is 3.23. The summed E-state index contributed by atoms with van der Waals surface area (Å²) in [6.45, 7) is 0.937. The molecule has 18 heavy (non-hydrogen) atoms. The molecule has 0 radical (unpaired) electrons. The van der Waals surface area contributed by atoms with Gasteiger partial charge in [0.05, 0.1) is 5.69 Å². The Kier molecular flexibility index (Phi) is 4.60. The molecule has 1 saturated heterocycles. The van der Waals surface area contributed by atoms with E-state index < -0.39 is 0 Å². The van der Waals surface area contributed by atoms with E-state index in [2.05, 4.69) is 5.32 Å². The summed E-state index contributed by atoms with van der Waals surface area (Å²) in [7, 11) is 1.62. The van der Waals surface area contributed by atoms with Gasteiger partial charge in [-0.2, -0.15) is 11.8 Å². The fourth-order valence-corrected chi connectivity index (χ4v) is 2.91. The summed E-state index contributed by atoms with van der Waals surface area (Å²) in [4.78, 5) is 13.5. The Bertz CT molecular complexity index is 421. The van der Waals surface area contributed by atoms with Gasteiger partial charge in [-0.1, -0.05) is 12.1 Å². The predicted octanol–water partition coefficient (Wildman–Crippen LogP) is 1.88. The molecule has 0 bridgehead atoms. The maximum absolute atomic E-state index is 13.6. The summed E-state index contributed by atoms with van der Waals surface area (Å²) < 4.78 is 13.6. The van der Waals surface area contributed by atoms with E-state index >= 15 is 0 Å². The number of amides is 1. The third-order valence-electron chi connectivity index (χ3n) is 3.01. The third-order valence-corrected chi connectivity index (χ3v) is 4.14. The van der Waals surface area contributed by atoms with Crippen LogP contribution in [0.25, 0.3) is 0 Å². The molecule has 0 saturated carbocycles. The Hall–Kier alpha value is -1.07. The molecule has 0 aliphatic carbocycles. The highest BCUT2D eigenvalue weighted by Crippen LogP contribution is 2.19. The number of benzene rings is 1. The lowest BCUT2D eigenvalue weighted by molar-refractivity contribution is -0.118. The summed E-state index contributed by atoms with van der Waals surface area (Å²) in [6, 6.07) is 6.54. The molecule has 0 spiro atoms. The van der Waals surface area contributed by atoms with Crippen LogP contribution in [0.5, 0.6) is 0 Å². The first-order valence-corrected chi connectivity index (χ1v) is 7.16. The van der Waals surface area contributed by atoms with Crippen molar-refractivity contribution in [3.8, 4) is 0 Å². The molecular formula is C13H17FN2OS. The highest BCUT2D eigenvalue weighted by molar-refractivity contribution is 7.99. The SMILES string of the molecule is CN(C(=O)CC1CSCCN1)c1ccccc1F. The lowest BCUT2D eigenvalue weighted by Gasteiger charge is -2.25. The first-order chi connectivity index (χ1) is 8.68. The van der Waals surface area contributed by atoms with E-state index in [9.17, 15) is 9.18 Å². The molecule has 1 heterocycles. The van der Waals surface area contributed by atoms with Crippen LogP contribution in [0.15, 0.2) is 24.3 Å². The molecule has 1 aromatic rings. The first kappa shape index (κ1) is 13.4. The predicted molar refractivity (Wildman–Crippen MR) is 73.5 cm³/mol. The fourth-order valence-electron chi connectivity index (χ4n) is 1.96.